The summed E-state index contributed by atoms with van der Waals surface area (Å²) in [4.78, 5) is 16.5. The van der Waals surface area contributed by atoms with Crippen molar-refractivity contribution in [2.45, 2.75) is 12.6 Å². The molecular formula is C23H20F3IN4O3S. The number of nitrogens with zero attached hydrogens (tertiary/aromatic N) is 2. The van der Waals surface area contributed by atoms with Crippen LogP contribution in [0.15, 0.2) is 59.5 Å². The van der Waals surface area contributed by atoms with Crippen LogP contribution in [-0.4, -0.2) is 30.8 Å². The number of thiazole rings is 1. The van der Waals surface area contributed by atoms with Crippen molar-refractivity contribution in [1.82, 2.24) is 10.4 Å². The zero-order valence-electron chi connectivity index (χ0n) is 18.4. The highest BCUT2D eigenvalue weighted by Crippen LogP contribution is 2.34. The predicted octanol–water partition coefficient (Wildman–Crippen LogP) is 5.78. The van der Waals surface area contributed by atoms with Crippen molar-refractivity contribution in [2.75, 3.05) is 19.0 Å². The second-order valence-corrected chi connectivity index (χ2v) is 8.97. The summed E-state index contributed by atoms with van der Waals surface area (Å²) in [6.07, 6.45) is -1.38. The first-order valence-electron chi connectivity index (χ1n) is 10.0. The van der Waals surface area contributed by atoms with E-state index in [1.807, 2.05) is 6.07 Å². The van der Waals surface area contributed by atoms with Crippen molar-refractivity contribution < 1.29 is 27.4 Å². The maximum Gasteiger partial charge on any atom is 0.416 e. The number of nitrogens with one attached hydrogen (secondary N) is 2. The highest BCUT2D eigenvalue weighted by molar-refractivity contribution is 14.1. The Balaban J connectivity index is 1.57. The van der Waals surface area contributed by atoms with E-state index in [2.05, 4.69) is 50.0 Å². The number of hydrazone groups is 1. The lowest BCUT2D eigenvalue weighted by atomic mass is 10.2. The zero-order chi connectivity index (χ0) is 25.4. The summed E-state index contributed by atoms with van der Waals surface area (Å²) in [5.41, 5.74) is 3.07. The van der Waals surface area contributed by atoms with E-state index < -0.39 is 17.6 Å². The van der Waals surface area contributed by atoms with Crippen molar-refractivity contribution >= 4 is 56.9 Å². The van der Waals surface area contributed by atoms with Crippen LogP contribution in [0.4, 0.5) is 24.0 Å². The van der Waals surface area contributed by atoms with Gasteiger partial charge in [-0.25, -0.2) is 10.4 Å². The highest BCUT2D eigenvalue weighted by atomic mass is 127. The molecule has 12 heteroatoms. The first-order chi connectivity index (χ1) is 16.7. The Labute approximate surface area is 217 Å². The number of carbonyl (C=O) groups is 1. The van der Waals surface area contributed by atoms with Crippen molar-refractivity contribution in [3.05, 3.63) is 74.8 Å². The van der Waals surface area contributed by atoms with E-state index in [1.54, 1.807) is 17.5 Å². The molecule has 0 saturated heterocycles. The molecule has 3 rings (SSSR count). The van der Waals surface area contributed by atoms with Crippen LogP contribution < -0.4 is 20.2 Å². The molecule has 184 valence electrons. The monoisotopic (exact) mass is 616 g/mol. The topological polar surface area (TPSA) is 84.8 Å². The van der Waals surface area contributed by atoms with E-state index in [4.69, 9.17) is 9.47 Å². The lowest BCUT2D eigenvalue weighted by molar-refractivity contribution is -0.137. The van der Waals surface area contributed by atoms with Gasteiger partial charge < -0.3 is 14.8 Å². The second kappa shape index (κ2) is 12.0. The third kappa shape index (κ3) is 7.68. The SMILES string of the molecule is C=CCOc1c(I)cc(/C=N\NC(=O)Cc2csc(Nc3cccc(C(F)(F)F)c3)n2)cc1OC. The maximum atomic E-state index is 12.9. The minimum atomic E-state index is -4.44. The Hall–Kier alpha value is -3.13. The van der Waals surface area contributed by atoms with Gasteiger partial charge in [0.25, 0.3) is 0 Å². The number of methoxy groups -OCH3 is 1. The molecule has 0 saturated carbocycles. The molecule has 0 aliphatic heterocycles. The fourth-order valence-electron chi connectivity index (χ4n) is 2.82. The largest absolute Gasteiger partial charge is 0.493 e. The number of hydrogen-bond donors (Lipinski definition) is 2. The molecular weight excluding hydrogens is 596 g/mol. The number of benzene rings is 2. The lowest BCUT2D eigenvalue weighted by Crippen LogP contribution is -2.20. The van der Waals surface area contributed by atoms with E-state index >= 15 is 0 Å². The molecule has 0 radical (unpaired) electrons. The normalized spacial score (nSPS) is 11.3. The van der Waals surface area contributed by atoms with Crippen molar-refractivity contribution in [2.24, 2.45) is 5.10 Å². The number of hydrogen-bond acceptors (Lipinski definition) is 7. The van der Waals surface area contributed by atoms with Gasteiger partial charge in [-0.1, -0.05) is 18.7 Å². The van der Waals surface area contributed by atoms with Gasteiger partial charge in [0.05, 0.1) is 34.6 Å². The summed E-state index contributed by atoms with van der Waals surface area (Å²) in [6.45, 7) is 3.96. The Kier molecular flexibility index (Phi) is 9.09. The lowest BCUT2D eigenvalue weighted by Gasteiger charge is -2.12. The molecule has 0 fully saturated rings. The van der Waals surface area contributed by atoms with Gasteiger partial charge in [-0.2, -0.15) is 18.3 Å². The molecule has 0 aliphatic rings. The summed E-state index contributed by atoms with van der Waals surface area (Å²) in [7, 11) is 1.53. The number of amides is 1. The number of aromatic nitrogens is 1. The molecule has 2 aromatic carbocycles. The van der Waals surface area contributed by atoms with Crippen LogP contribution >= 0.6 is 33.9 Å². The van der Waals surface area contributed by atoms with Crippen LogP contribution in [-0.2, 0) is 17.4 Å². The predicted molar refractivity (Wildman–Crippen MR) is 138 cm³/mol. The van der Waals surface area contributed by atoms with Crippen molar-refractivity contribution in [3.63, 3.8) is 0 Å². The number of carbonyl (C=O) groups excluding carboxylic acids is 1. The van der Waals surface area contributed by atoms with Crippen LogP contribution in [0.2, 0.25) is 0 Å². The van der Waals surface area contributed by atoms with Crippen LogP contribution in [0.25, 0.3) is 0 Å². The summed E-state index contributed by atoms with van der Waals surface area (Å²) >= 11 is 3.29. The summed E-state index contributed by atoms with van der Waals surface area (Å²) in [6, 6.07) is 8.35. The van der Waals surface area contributed by atoms with Crippen LogP contribution in [0.5, 0.6) is 11.5 Å². The zero-order valence-corrected chi connectivity index (χ0v) is 21.3. The molecule has 0 unspecified atom stereocenters. The minimum absolute atomic E-state index is 0.0483. The molecule has 2 N–H and O–H groups in total. The summed E-state index contributed by atoms with van der Waals surface area (Å²) in [5.74, 6) is 0.715. The molecule has 7 nitrogen and oxygen atoms in total. The minimum Gasteiger partial charge on any atom is -0.493 e. The molecule has 1 aromatic heterocycles. The van der Waals surface area contributed by atoms with Gasteiger partial charge >= 0.3 is 6.18 Å². The molecule has 1 heterocycles. The van der Waals surface area contributed by atoms with Crippen molar-refractivity contribution in [1.29, 1.82) is 0 Å². The van der Waals surface area contributed by atoms with E-state index in [0.29, 0.717) is 34.5 Å². The molecule has 0 spiro atoms. The number of halogens is 4. The first kappa shape index (κ1) is 26.5. The molecule has 1 amide bonds. The fraction of sp³-hybridized carbons (Fsp3) is 0.174. The van der Waals surface area contributed by atoms with E-state index in [-0.39, 0.29) is 12.1 Å². The van der Waals surface area contributed by atoms with Crippen molar-refractivity contribution in [3.8, 4) is 11.5 Å². The Bertz CT molecular complexity index is 1230. The van der Waals surface area contributed by atoms with Gasteiger partial charge in [0, 0.05) is 11.1 Å². The maximum absolute atomic E-state index is 12.9. The number of alkyl halides is 3. The van der Waals surface area contributed by atoms with E-state index in [0.717, 1.165) is 15.7 Å². The average Bonchev–Trinajstić information content (AvgIpc) is 3.24. The van der Waals surface area contributed by atoms with Gasteiger partial charge in [0.2, 0.25) is 5.91 Å². The van der Waals surface area contributed by atoms with E-state index in [1.165, 1.54) is 36.8 Å². The van der Waals surface area contributed by atoms with Crippen LogP contribution in [0.3, 0.4) is 0 Å². The quantitative estimate of drug-likeness (QED) is 0.131. The number of ether oxygens (including phenoxy) is 2. The number of rotatable bonds is 10. The third-order valence-electron chi connectivity index (χ3n) is 4.33. The smallest absolute Gasteiger partial charge is 0.416 e. The Morgan fingerprint density at radius 1 is 1.31 bits per heavy atom. The molecule has 0 bridgehead atoms. The molecule has 3 aromatic rings. The van der Waals surface area contributed by atoms with Gasteiger partial charge in [0.15, 0.2) is 16.6 Å². The molecule has 0 aliphatic carbocycles. The van der Waals surface area contributed by atoms with Gasteiger partial charge in [-0.05, 0) is 58.5 Å². The fourth-order valence-corrected chi connectivity index (χ4v) is 4.33. The Morgan fingerprint density at radius 2 is 2.11 bits per heavy atom. The van der Waals surface area contributed by atoms with Crippen LogP contribution in [0.1, 0.15) is 16.8 Å². The third-order valence-corrected chi connectivity index (χ3v) is 5.94. The highest BCUT2D eigenvalue weighted by Gasteiger charge is 2.30. The average molecular weight is 616 g/mol. The second-order valence-electron chi connectivity index (χ2n) is 6.95. The Morgan fingerprint density at radius 3 is 2.83 bits per heavy atom. The van der Waals surface area contributed by atoms with Gasteiger partial charge in [-0.15, -0.1) is 11.3 Å². The summed E-state index contributed by atoms with van der Waals surface area (Å²) < 4.78 is 50.4. The van der Waals surface area contributed by atoms with E-state index in [9.17, 15) is 18.0 Å². The number of anilines is 2. The molecule has 35 heavy (non-hydrogen) atoms. The van der Waals surface area contributed by atoms with Crippen LogP contribution in [0, 0.1) is 3.57 Å². The van der Waals surface area contributed by atoms with Gasteiger partial charge in [-0.3, -0.25) is 4.79 Å². The standard InChI is InChI=1S/C23H20F3IN4O3S/c1-3-7-34-21-18(27)8-14(9-19(21)33-2)12-28-31-20(32)11-17-13-35-22(30-17)29-16-6-4-5-15(10-16)23(24,25)26/h3-6,8-10,12-13H,1,7,11H2,2H3,(H,29,30)(H,31,32)/b28-12-. The first-order valence-corrected chi connectivity index (χ1v) is 12.0. The molecule has 0 atom stereocenters. The van der Waals surface area contributed by atoms with Gasteiger partial charge in [0.1, 0.15) is 6.61 Å². The summed E-state index contributed by atoms with van der Waals surface area (Å²) in [5, 5.41) is 8.81.